The first-order valence-corrected chi connectivity index (χ1v) is 7.60. The lowest BCUT2D eigenvalue weighted by Crippen LogP contribution is -2.28. The van der Waals surface area contributed by atoms with Gasteiger partial charge in [0.25, 0.3) is 0 Å². The molecule has 0 amide bonds. The number of nitrogens with two attached hydrogens (primary N) is 1. The summed E-state index contributed by atoms with van der Waals surface area (Å²) in [5.41, 5.74) is 7.79. The first-order valence-electron chi connectivity index (χ1n) is 5.39. The first kappa shape index (κ1) is 12.3. The molecule has 88 valence electrons. The van der Waals surface area contributed by atoms with Gasteiger partial charge in [0.1, 0.15) is 5.82 Å². The minimum Gasteiger partial charge on any atom is -0.323 e. The van der Waals surface area contributed by atoms with E-state index in [0.29, 0.717) is 10.8 Å². The highest BCUT2D eigenvalue weighted by molar-refractivity contribution is 8.06. The Hall–Kier alpha value is -0.190. The number of rotatable bonds is 2. The summed E-state index contributed by atoms with van der Waals surface area (Å²) >= 11 is 3.85. The van der Waals surface area contributed by atoms with Crippen LogP contribution in [0, 0.1) is 12.7 Å². The van der Waals surface area contributed by atoms with Gasteiger partial charge in [-0.05, 0) is 24.1 Å². The lowest BCUT2D eigenvalue weighted by atomic mass is 10.0. The van der Waals surface area contributed by atoms with Crippen LogP contribution in [0.5, 0.6) is 0 Å². The van der Waals surface area contributed by atoms with Crippen molar-refractivity contribution in [3.8, 4) is 0 Å². The van der Waals surface area contributed by atoms with E-state index in [4.69, 9.17) is 5.73 Å². The summed E-state index contributed by atoms with van der Waals surface area (Å²) in [4.78, 5) is 0. The summed E-state index contributed by atoms with van der Waals surface area (Å²) < 4.78 is 13.4. The van der Waals surface area contributed by atoms with E-state index >= 15 is 0 Å². The van der Waals surface area contributed by atoms with Gasteiger partial charge >= 0.3 is 0 Å². The molecule has 1 aromatic rings. The summed E-state index contributed by atoms with van der Waals surface area (Å²) in [5.74, 6) is 3.27. The van der Waals surface area contributed by atoms with Crippen LogP contribution in [0.25, 0.3) is 0 Å². The van der Waals surface area contributed by atoms with Crippen LogP contribution >= 0.6 is 23.5 Å². The Bertz CT molecular complexity index is 364. The Morgan fingerprint density at radius 1 is 1.44 bits per heavy atom. The molecule has 1 nitrogen and oxygen atoms in total. The molecular weight excluding hydrogens is 241 g/mol. The molecule has 1 saturated heterocycles. The van der Waals surface area contributed by atoms with Crippen LogP contribution in [-0.4, -0.2) is 22.5 Å². The molecule has 1 aliphatic rings. The Labute approximate surface area is 104 Å². The van der Waals surface area contributed by atoms with Crippen molar-refractivity contribution in [3.05, 3.63) is 35.1 Å². The maximum Gasteiger partial charge on any atom is 0.126 e. The second-order valence-corrected chi connectivity index (χ2v) is 6.52. The standard InChI is InChI=1S/C12H16FNS2/c1-8-2-3-9(6-10(8)13)12(14)11-7-15-4-5-16-11/h2-3,6,11-12H,4-5,7,14H2,1H3. The zero-order valence-electron chi connectivity index (χ0n) is 9.28. The van der Waals surface area contributed by atoms with E-state index in [0.717, 1.165) is 17.1 Å². The van der Waals surface area contributed by atoms with E-state index in [2.05, 4.69) is 0 Å². The van der Waals surface area contributed by atoms with Crippen molar-refractivity contribution in [3.63, 3.8) is 0 Å². The molecule has 0 aliphatic carbocycles. The second kappa shape index (κ2) is 5.43. The molecule has 4 heteroatoms. The Balaban J connectivity index is 2.12. The van der Waals surface area contributed by atoms with Crippen molar-refractivity contribution in [2.24, 2.45) is 5.73 Å². The smallest absolute Gasteiger partial charge is 0.126 e. The molecule has 1 fully saturated rings. The number of aryl methyl sites for hydroxylation is 1. The molecular formula is C12H16FNS2. The quantitative estimate of drug-likeness (QED) is 0.882. The molecule has 0 radical (unpaired) electrons. The summed E-state index contributed by atoms with van der Waals surface area (Å²) in [5, 5.41) is 0.417. The molecule has 2 atom stereocenters. The third kappa shape index (κ3) is 2.73. The third-order valence-corrected chi connectivity index (χ3v) is 5.71. The van der Waals surface area contributed by atoms with Gasteiger partial charge in [0.15, 0.2) is 0 Å². The van der Waals surface area contributed by atoms with Gasteiger partial charge in [0.05, 0.1) is 0 Å². The van der Waals surface area contributed by atoms with Gasteiger partial charge in [-0.15, -0.1) is 0 Å². The van der Waals surface area contributed by atoms with Crippen molar-refractivity contribution in [1.82, 2.24) is 0 Å². The van der Waals surface area contributed by atoms with Crippen LogP contribution in [0.15, 0.2) is 18.2 Å². The molecule has 1 aromatic carbocycles. The maximum absolute atomic E-state index is 13.4. The average molecular weight is 257 g/mol. The first-order chi connectivity index (χ1) is 7.68. The zero-order chi connectivity index (χ0) is 11.5. The van der Waals surface area contributed by atoms with E-state index in [9.17, 15) is 4.39 Å². The lowest BCUT2D eigenvalue weighted by molar-refractivity contribution is 0.610. The predicted molar refractivity (Wildman–Crippen MR) is 71.6 cm³/mol. The largest absolute Gasteiger partial charge is 0.323 e. The van der Waals surface area contributed by atoms with Gasteiger partial charge in [-0.2, -0.15) is 23.5 Å². The van der Waals surface area contributed by atoms with Crippen LogP contribution < -0.4 is 5.73 Å². The fourth-order valence-electron chi connectivity index (χ4n) is 1.74. The molecule has 1 aliphatic heterocycles. The fourth-order valence-corrected chi connectivity index (χ4v) is 4.55. The summed E-state index contributed by atoms with van der Waals surface area (Å²) in [6.07, 6.45) is 0. The Morgan fingerprint density at radius 3 is 2.88 bits per heavy atom. The minimum atomic E-state index is -0.151. The van der Waals surface area contributed by atoms with Crippen molar-refractivity contribution >= 4 is 23.5 Å². The van der Waals surface area contributed by atoms with Crippen molar-refractivity contribution in [2.75, 3.05) is 17.3 Å². The monoisotopic (exact) mass is 257 g/mol. The van der Waals surface area contributed by atoms with E-state index in [-0.39, 0.29) is 11.9 Å². The summed E-state index contributed by atoms with van der Waals surface area (Å²) in [7, 11) is 0. The number of halogens is 1. The van der Waals surface area contributed by atoms with Gasteiger partial charge in [0.2, 0.25) is 0 Å². The molecule has 2 N–H and O–H groups in total. The van der Waals surface area contributed by atoms with Gasteiger partial charge in [-0.1, -0.05) is 12.1 Å². The van der Waals surface area contributed by atoms with Crippen LogP contribution in [-0.2, 0) is 0 Å². The number of hydrogen-bond donors (Lipinski definition) is 1. The van der Waals surface area contributed by atoms with E-state index in [1.54, 1.807) is 13.0 Å². The summed E-state index contributed by atoms with van der Waals surface area (Å²) in [6.45, 7) is 1.77. The highest BCUT2D eigenvalue weighted by Gasteiger charge is 2.23. The molecule has 0 bridgehead atoms. The molecule has 2 unspecified atom stereocenters. The minimum absolute atomic E-state index is 0.0482. The van der Waals surface area contributed by atoms with Crippen LogP contribution in [0.4, 0.5) is 4.39 Å². The number of benzene rings is 1. The van der Waals surface area contributed by atoms with Gasteiger partial charge in [-0.25, -0.2) is 4.39 Å². The van der Waals surface area contributed by atoms with E-state index < -0.39 is 0 Å². The molecule has 0 spiro atoms. The molecule has 16 heavy (non-hydrogen) atoms. The third-order valence-electron chi connectivity index (χ3n) is 2.82. The van der Waals surface area contributed by atoms with Gasteiger partial charge in [-0.3, -0.25) is 0 Å². The predicted octanol–water partition coefficient (Wildman–Crippen LogP) is 2.98. The lowest BCUT2D eigenvalue weighted by Gasteiger charge is -2.27. The average Bonchev–Trinajstić information content (AvgIpc) is 2.33. The SMILES string of the molecule is Cc1ccc(C(N)C2CSCCS2)cc1F. The Morgan fingerprint density at radius 2 is 2.25 bits per heavy atom. The highest BCUT2D eigenvalue weighted by atomic mass is 32.2. The molecule has 0 saturated carbocycles. The topological polar surface area (TPSA) is 26.0 Å². The van der Waals surface area contributed by atoms with Gasteiger partial charge < -0.3 is 5.73 Å². The number of thioether (sulfide) groups is 2. The molecule has 0 aromatic heterocycles. The Kier molecular flexibility index (Phi) is 4.16. The summed E-state index contributed by atoms with van der Waals surface area (Å²) in [6, 6.07) is 5.29. The van der Waals surface area contributed by atoms with Crippen molar-refractivity contribution < 1.29 is 4.39 Å². The maximum atomic E-state index is 13.4. The highest BCUT2D eigenvalue weighted by Crippen LogP contribution is 2.32. The van der Waals surface area contributed by atoms with Crippen LogP contribution in [0.3, 0.4) is 0 Å². The zero-order valence-corrected chi connectivity index (χ0v) is 10.9. The van der Waals surface area contributed by atoms with Crippen molar-refractivity contribution in [1.29, 1.82) is 0 Å². The van der Waals surface area contributed by atoms with E-state index in [1.807, 2.05) is 35.7 Å². The molecule has 1 heterocycles. The second-order valence-electron chi connectivity index (χ2n) is 4.02. The van der Waals surface area contributed by atoms with Crippen molar-refractivity contribution in [2.45, 2.75) is 18.2 Å². The van der Waals surface area contributed by atoms with Crippen LogP contribution in [0.2, 0.25) is 0 Å². The normalized spacial score (nSPS) is 23.1. The fraction of sp³-hybridized carbons (Fsp3) is 0.500. The van der Waals surface area contributed by atoms with Crippen LogP contribution in [0.1, 0.15) is 17.2 Å². The molecule has 2 rings (SSSR count). The van der Waals surface area contributed by atoms with E-state index in [1.165, 1.54) is 5.75 Å². The number of hydrogen-bond acceptors (Lipinski definition) is 3. The van der Waals surface area contributed by atoms with Gasteiger partial charge in [0, 0.05) is 28.6 Å².